The molecule has 0 unspecified atom stereocenters. The van der Waals surface area contributed by atoms with Crippen LogP contribution in [0.2, 0.25) is 0 Å². The van der Waals surface area contributed by atoms with E-state index in [0.717, 1.165) is 5.52 Å². The molecule has 2 amide bonds. The molecule has 0 aliphatic carbocycles. The van der Waals surface area contributed by atoms with E-state index in [-0.39, 0.29) is 18.0 Å². The summed E-state index contributed by atoms with van der Waals surface area (Å²) in [4.78, 5) is 29.7. The Morgan fingerprint density at radius 1 is 1.38 bits per heavy atom. The third kappa shape index (κ3) is 3.07. The molecule has 8 nitrogen and oxygen atoms in total. The maximum atomic E-state index is 12.1. The van der Waals surface area contributed by atoms with Crippen molar-refractivity contribution in [3.63, 3.8) is 0 Å². The summed E-state index contributed by atoms with van der Waals surface area (Å²) in [7, 11) is 1.51. The van der Waals surface area contributed by atoms with Gasteiger partial charge < -0.3 is 14.5 Å². The fraction of sp³-hybridized carbons (Fsp3) is 0.500. The van der Waals surface area contributed by atoms with Crippen LogP contribution < -0.4 is 15.9 Å². The number of anilines is 1. The highest BCUT2D eigenvalue weighted by molar-refractivity contribution is 5.96. The molecule has 0 spiro atoms. The topological polar surface area (TPSA) is 89.1 Å². The number of likely N-dealkylation sites (N-methyl/N-ethyl adjacent to an activating group) is 1. The second-order valence-electron chi connectivity index (χ2n) is 7.11. The van der Waals surface area contributed by atoms with Crippen molar-refractivity contribution in [1.29, 1.82) is 0 Å². The Hall–Kier alpha value is -2.77. The molecular formula is C18H24N4O4. The number of hydrogen-bond acceptors (Lipinski definition) is 5. The highest BCUT2D eigenvalue weighted by Gasteiger charge is 2.36. The van der Waals surface area contributed by atoms with Gasteiger partial charge in [-0.3, -0.25) is 14.3 Å². The molecular weight excluding hydrogens is 336 g/mol. The average Bonchev–Trinajstić information content (AvgIpc) is 3.13. The first-order valence-electron chi connectivity index (χ1n) is 8.62. The molecule has 2 aromatic rings. The van der Waals surface area contributed by atoms with Gasteiger partial charge >= 0.3 is 6.09 Å². The van der Waals surface area contributed by atoms with Crippen LogP contribution in [0.4, 0.5) is 10.5 Å². The number of benzene rings is 1. The van der Waals surface area contributed by atoms with Gasteiger partial charge in [-0.15, -0.1) is 0 Å². The van der Waals surface area contributed by atoms with Crippen molar-refractivity contribution in [3.8, 4) is 0 Å². The molecule has 1 N–H and O–H groups in total. The first-order chi connectivity index (χ1) is 12.3. The summed E-state index contributed by atoms with van der Waals surface area (Å²) in [5.41, 5.74) is 2.47. The molecule has 1 aliphatic heterocycles. The number of ether oxygens (including phenoxy) is 1. The molecule has 3 rings (SSSR count). The average molecular weight is 360 g/mol. The first kappa shape index (κ1) is 18.0. The predicted octanol–water partition coefficient (Wildman–Crippen LogP) is 1.98. The third-order valence-electron chi connectivity index (χ3n) is 4.20. The van der Waals surface area contributed by atoms with Gasteiger partial charge in [0.1, 0.15) is 0 Å². The molecule has 8 heteroatoms. The van der Waals surface area contributed by atoms with Gasteiger partial charge in [0.15, 0.2) is 11.7 Å². The Bertz CT molecular complexity index is 919. The zero-order valence-electron chi connectivity index (χ0n) is 15.7. The van der Waals surface area contributed by atoms with Crippen molar-refractivity contribution in [3.05, 3.63) is 23.9 Å². The minimum atomic E-state index is -0.815. The molecule has 26 heavy (non-hydrogen) atoms. The number of carbonyl (C=O) groups is 2. The summed E-state index contributed by atoms with van der Waals surface area (Å²) in [6, 6.07) is 5.50. The second kappa shape index (κ2) is 6.51. The first-order valence-corrected chi connectivity index (χ1v) is 8.62. The molecule has 1 saturated heterocycles. The van der Waals surface area contributed by atoms with Crippen LogP contribution in [0.5, 0.6) is 0 Å². The smallest absolute Gasteiger partial charge is 0.415 e. The maximum absolute atomic E-state index is 12.1. The van der Waals surface area contributed by atoms with Crippen LogP contribution in [-0.4, -0.2) is 42.8 Å². The van der Waals surface area contributed by atoms with Crippen LogP contribution in [0.3, 0.4) is 0 Å². The van der Waals surface area contributed by atoms with E-state index in [2.05, 4.69) is 31.1 Å². The van der Waals surface area contributed by atoms with Gasteiger partial charge in [0, 0.05) is 25.2 Å². The molecule has 2 heterocycles. The zero-order valence-corrected chi connectivity index (χ0v) is 15.7. The normalized spacial score (nSPS) is 18.5. The molecule has 0 radical (unpaired) electrons. The van der Waals surface area contributed by atoms with E-state index in [1.54, 1.807) is 6.07 Å². The number of rotatable bonds is 3. The van der Waals surface area contributed by atoms with Crippen molar-refractivity contribution in [2.24, 2.45) is 4.99 Å². The largest absolute Gasteiger partial charge is 0.434 e. The summed E-state index contributed by atoms with van der Waals surface area (Å²) < 4.78 is 13.1. The number of nitrogens with one attached hydrogen (secondary N) is 1. The number of fused-ring (bicyclic) bond motifs is 1. The predicted molar refractivity (Wildman–Crippen MR) is 97.0 cm³/mol. The Balaban J connectivity index is 2.05. The second-order valence-corrected chi connectivity index (χ2v) is 7.11. The summed E-state index contributed by atoms with van der Waals surface area (Å²) in [5, 5.41) is 2.49. The Morgan fingerprint density at radius 3 is 2.73 bits per heavy atom. The van der Waals surface area contributed by atoms with Gasteiger partial charge in [-0.25, -0.2) is 9.79 Å². The van der Waals surface area contributed by atoms with Crippen LogP contribution in [-0.2, 0) is 15.1 Å². The minimum absolute atomic E-state index is 0.163. The minimum Gasteiger partial charge on any atom is -0.434 e. The summed E-state index contributed by atoms with van der Waals surface area (Å²) in [6.07, 6.45) is -1.36. The van der Waals surface area contributed by atoms with Gasteiger partial charge in [-0.05, 0) is 39.8 Å². The number of oxazole rings is 1. The standard InChI is InChI=1S/C18H24N4O4/c1-6-20-16-22(18(2,3)4)12-8-7-11(9-13(12)25-16)21-10-14(15(23)19-5)26-17(21)24/h7-9,14H,6,10H2,1-5H3,(H,19,23)/b20-16+/t14-/m1/s1. The highest BCUT2D eigenvalue weighted by atomic mass is 16.6. The van der Waals surface area contributed by atoms with E-state index in [1.165, 1.54) is 11.9 Å². The van der Waals surface area contributed by atoms with E-state index in [9.17, 15) is 9.59 Å². The third-order valence-corrected chi connectivity index (χ3v) is 4.20. The molecule has 1 atom stereocenters. The van der Waals surface area contributed by atoms with E-state index >= 15 is 0 Å². The molecule has 0 saturated carbocycles. The van der Waals surface area contributed by atoms with Gasteiger partial charge in [-0.2, -0.15) is 0 Å². The number of aromatic nitrogens is 1. The monoisotopic (exact) mass is 360 g/mol. The number of hydrogen-bond donors (Lipinski definition) is 1. The van der Waals surface area contributed by atoms with Gasteiger partial charge in [-0.1, -0.05) is 0 Å². The Labute approximate surface area is 151 Å². The summed E-state index contributed by atoms with van der Waals surface area (Å²) in [6.45, 7) is 8.96. The number of cyclic esters (lactones) is 1. The number of nitrogens with zero attached hydrogens (tertiary/aromatic N) is 3. The van der Waals surface area contributed by atoms with Crippen molar-refractivity contribution >= 4 is 28.8 Å². The lowest BCUT2D eigenvalue weighted by atomic mass is 10.1. The quantitative estimate of drug-likeness (QED) is 0.906. The molecule has 1 aliphatic rings. The molecule has 1 fully saturated rings. The van der Waals surface area contributed by atoms with Gasteiger partial charge in [0.25, 0.3) is 11.6 Å². The fourth-order valence-corrected chi connectivity index (χ4v) is 3.04. The van der Waals surface area contributed by atoms with E-state index in [0.29, 0.717) is 23.5 Å². The SMILES string of the molecule is CC/N=c1/oc2cc(N3C[C@H](C(=O)NC)OC3=O)ccc2n1C(C)(C)C. The lowest BCUT2D eigenvalue weighted by molar-refractivity contribution is -0.127. The molecule has 1 aromatic carbocycles. The summed E-state index contributed by atoms with van der Waals surface area (Å²) in [5.74, 6) is -0.325. The van der Waals surface area contributed by atoms with E-state index in [4.69, 9.17) is 9.15 Å². The molecule has 140 valence electrons. The van der Waals surface area contributed by atoms with E-state index in [1.807, 2.05) is 23.6 Å². The van der Waals surface area contributed by atoms with Crippen LogP contribution in [0.15, 0.2) is 27.6 Å². The van der Waals surface area contributed by atoms with Crippen molar-refractivity contribution < 1.29 is 18.7 Å². The lowest BCUT2D eigenvalue weighted by Crippen LogP contribution is -2.35. The number of amides is 2. The summed E-state index contributed by atoms with van der Waals surface area (Å²) >= 11 is 0. The fourth-order valence-electron chi connectivity index (χ4n) is 3.04. The molecule has 0 bridgehead atoms. The van der Waals surface area contributed by atoms with Crippen molar-refractivity contribution in [1.82, 2.24) is 9.88 Å². The Morgan fingerprint density at radius 2 is 2.12 bits per heavy atom. The van der Waals surface area contributed by atoms with Gasteiger partial charge in [0.05, 0.1) is 17.7 Å². The van der Waals surface area contributed by atoms with Crippen LogP contribution in [0.1, 0.15) is 27.7 Å². The van der Waals surface area contributed by atoms with Gasteiger partial charge in [0.2, 0.25) is 0 Å². The van der Waals surface area contributed by atoms with E-state index < -0.39 is 12.2 Å². The number of carbonyl (C=O) groups excluding carboxylic acids is 2. The van der Waals surface area contributed by atoms with Crippen LogP contribution in [0, 0.1) is 0 Å². The lowest BCUT2D eigenvalue weighted by Gasteiger charge is -2.21. The zero-order chi connectivity index (χ0) is 19.1. The molecule has 1 aromatic heterocycles. The van der Waals surface area contributed by atoms with Crippen molar-refractivity contribution in [2.75, 3.05) is 25.0 Å². The van der Waals surface area contributed by atoms with Crippen LogP contribution >= 0.6 is 0 Å². The maximum Gasteiger partial charge on any atom is 0.415 e. The Kier molecular flexibility index (Phi) is 4.52. The van der Waals surface area contributed by atoms with Crippen LogP contribution in [0.25, 0.3) is 11.1 Å². The highest BCUT2D eigenvalue weighted by Crippen LogP contribution is 2.28. The van der Waals surface area contributed by atoms with Crippen molar-refractivity contribution in [2.45, 2.75) is 39.3 Å².